The molecule has 1 aromatic heterocycles. The van der Waals surface area contributed by atoms with Crippen LogP contribution in [-0.2, 0) is 6.42 Å². The molecule has 0 unspecified atom stereocenters. The molecule has 5 heteroatoms. The van der Waals surface area contributed by atoms with Crippen LogP contribution in [0.25, 0.3) is 0 Å². The lowest BCUT2D eigenvalue weighted by molar-refractivity contribution is 0.0949. The fourth-order valence-corrected chi connectivity index (χ4v) is 2.12. The van der Waals surface area contributed by atoms with E-state index in [2.05, 4.69) is 15.5 Å². The first-order chi connectivity index (χ1) is 9.72. The Labute approximate surface area is 116 Å². The number of nitrogens with zero attached hydrogens (tertiary/aromatic N) is 1. The first-order valence-corrected chi connectivity index (χ1v) is 6.80. The Morgan fingerprint density at radius 2 is 2.10 bits per heavy atom. The maximum Gasteiger partial charge on any atom is 0.271 e. The number of aromatic nitrogens is 2. The number of amides is 1. The zero-order valence-corrected chi connectivity index (χ0v) is 11.0. The first kappa shape index (κ1) is 12.8. The van der Waals surface area contributed by atoms with Gasteiger partial charge >= 0.3 is 0 Å². The number of H-pyrrole nitrogens is 1. The normalized spacial score (nSPS) is 14.2. The summed E-state index contributed by atoms with van der Waals surface area (Å²) in [5, 5.41) is 9.76. The topological polar surface area (TPSA) is 57.8 Å². The van der Waals surface area contributed by atoms with E-state index in [1.165, 1.54) is 25.0 Å². The van der Waals surface area contributed by atoms with E-state index in [1.807, 2.05) is 6.07 Å². The SMILES string of the molecule is O=C(NCCc1ccc(F)cc1)c1cc(C2CC2)[nH]n1. The molecule has 3 rings (SSSR count). The highest BCUT2D eigenvalue weighted by Gasteiger charge is 2.26. The van der Waals surface area contributed by atoms with Crippen molar-refractivity contribution >= 4 is 5.91 Å². The number of carbonyl (C=O) groups is 1. The van der Waals surface area contributed by atoms with Crippen LogP contribution in [0.15, 0.2) is 30.3 Å². The van der Waals surface area contributed by atoms with Gasteiger partial charge in [0.25, 0.3) is 5.91 Å². The van der Waals surface area contributed by atoms with E-state index < -0.39 is 0 Å². The lowest BCUT2D eigenvalue weighted by Gasteiger charge is -2.03. The molecule has 1 fully saturated rings. The van der Waals surface area contributed by atoms with Gasteiger partial charge in [-0.05, 0) is 43.0 Å². The van der Waals surface area contributed by atoms with Crippen molar-refractivity contribution in [1.29, 1.82) is 0 Å². The summed E-state index contributed by atoms with van der Waals surface area (Å²) in [6.07, 6.45) is 3.02. The van der Waals surface area contributed by atoms with Crippen LogP contribution in [0.2, 0.25) is 0 Å². The third-order valence-electron chi connectivity index (χ3n) is 3.46. The number of rotatable bonds is 5. The Kier molecular flexibility index (Phi) is 3.50. The van der Waals surface area contributed by atoms with Crippen molar-refractivity contribution < 1.29 is 9.18 Å². The van der Waals surface area contributed by atoms with E-state index in [-0.39, 0.29) is 11.7 Å². The van der Waals surface area contributed by atoms with Crippen LogP contribution in [0.1, 0.15) is 40.5 Å². The highest BCUT2D eigenvalue weighted by Crippen LogP contribution is 2.38. The summed E-state index contributed by atoms with van der Waals surface area (Å²) in [5.41, 5.74) is 2.48. The monoisotopic (exact) mass is 273 g/mol. The lowest BCUT2D eigenvalue weighted by Crippen LogP contribution is -2.26. The standard InChI is InChI=1S/C15H16FN3O/c16-12-5-1-10(2-6-12)7-8-17-15(20)14-9-13(18-19-14)11-3-4-11/h1-2,5-6,9,11H,3-4,7-8H2,(H,17,20)(H,18,19). The van der Waals surface area contributed by atoms with E-state index in [0.717, 1.165) is 11.3 Å². The second-order valence-corrected chi connectivity index (χ2v) is 5.12. The number of benzene rings is 1. The number of aromatic amines is 1. The average Bonchev–Trinajstić information content (AvgIpc) is 3.18. The molecule has 2 aromatic rings. The van der Waals surface area contributed by atoms with Gasteiger partial charge in [0, 0.05) is 18.2 Å². The molecule has 1 aliphatic rings. The molecule has 20 heavy (non-hydrogen) atoms. The molecule has 1 heterocycles. The van der Waals surface area contributed by atoms with E-state index in [9.17, 15) is 9.18 Å². The molecule has 2 N–H and O–H groups in total. The van der Waals surface area contributed by atoms with Gasteiger partial charge in [-0.25, -0.2) is 4.39 Å². The van der Waals surface area contributed by atoms with Gasteiger partial charge in [0.1, 0.15) is 11.5 Å². The second kappa shape index (κ2) is 5.45. The molecule has 1 amide bonds. The number of hydrogen-bond acceptors (Lipinski definition) is 2. The summed E-state index contributed by atoms with van der Waals surface area (Å²) in [7, 11) is 0. The molecular weight excluding hydrogens is 257 g/mol. The summed E-state index contributed by atoms with van der Waals surface area (Å²) in [6.45, 7) is 0.510. The number of carbonyl (C=O) groups excluding carboxylic acids is 1. The van der Waals surface area contributed by atoms with E-state index >= 15 is 0 Å². The van der Waals surface area contributed by atoms with Crippen molar-refractivity contribution in [2.45, 2.75) is 25.2 Å². The Hall–Kier alpha value is -2.17. The van der Waals surface area contributed by atoms with Gasteiger partial charge in [0.05, 0.1) is 0 Å². The second-order valence-electron chi connectivity index (χ2n) is 5.12. The molecule has 0 bridgehead atoms. The highest BCUT2D eigenvalue weighted by molar-refractivity contribution is 5.92. The summed E-state index contributed by atoms with van der Waals surface area (Å²) in [5.74, 6) is 0.139. The fourth-order valence-electron chi connectivity index (χ4n) is 2.12. The van der Waals surface area contributed by atoms with Gasteiger partial charge in [-0.2, -0.15) is 5.10 Å². The molecule has 4 nitrogen and oxygen atoms in total. The molecule has 1 aliphatic carbocycles. The molecule has 0 saturated heterocycles. The van der Waals surface area contributed by atoms with Crippen LogP contribution in [0, 0.1) is 5.82 Å². The average molecular weight is 273 g/mol. The largest absolute Gasteiger partial charge is 0.350 e. The minimum atomic E-state index is -0.248. The molecule has 104 valence electrons. The third-order valence-corrected chi connectivity index (χ3v) is 3.46. The van der Waals surface area contributed by atoms with Crippen molar-refractivity contribution in [1.82, 2.24) is 15.5 Å². The van der Waals surface area contributed by atoms with E-state index in [1.54, 1.807) is 12.1 Å². The number of nitrogens with one attached hydrogen (secondary N) is 2. The van der Waals surface area contributed by atoms with Crippen LogP contribution in [0.4, 0.5) is 4.39 Å². The van der Waals surface area contributed by atoms with E-state index in [0.29, 0.717) is 24.6 Å². The van der Waals surface area contributed by atoms with Gasteiger partial charge in [0.2, 0.25) is 0 Å². The van der Waals surface area contributed by atoms with Crippen LogP contribution < -0.4 is 5.32 Å². The smallest absolute Gasteiger partial charge is 0.271 e. The van der Waals surface area contributed by atoms with Crippen molar-refractivity contribution in [2.24, 2.45) is 0 Å². The molecule has 1 aromatic carbocycles. The molecular formula is C15H16FN3O. The predicted octanol–water partition coefficient (Wildman–Crippen LogP) is 2.40. The summed E-state index contributed by atoms with van der Waals surface area (Å²) < 4.78 is 12.7. The summed E-state index contributed by atoms with van der Waals surface area (Å²) >= 11 is 0. The van der Waals surface area contributed by atoms with Gasteiger partial charge in [0.15, 0.2) is 0 Å². The summed E-state index contributed by atoms with van der Waals surface area (Å²) in [6, 6.07) is 8.12. The quantitative estimate of drug-likeness (QED) is 0.879. The Morgan fingerprint density at radius 1 is 1.35 bits per heavy atom. The zero-order valence-electron chi connectivity index (χ0n) is 11.0. The van der Waals surface area contributed by atoms with Crippen LogP contribution in [-0.4, -0.2) is 22.6 Å². The van der Waals surface area contributed by atoms with Gasteiger partial charge in [-0.15, -0.1) is 0 Å². The Morgan fingerprint density at radius 3 is 2.80 bits per heavy atom. The Bertz CT molecular complexity index is 602. The van der Waals surface area contributed by atoms with Gasteiger partial charge in [-0.1, -0.05) is 12.1 Å². The van der Waals surface area contributed by atoms with Crippen molar-refractivity contribution in [3.05, 3.63) is 53.1 Å². The molecule has 0 atom stereocenters. The zero-order chi connectivity index (χ0) is 13.9. The van der Waals surface area contributed by atoms with E-state index in [4.69, 9.17) is 0 Å². The molecule has 0 aliphatic heterocycles. The Balaban J connectivity index is 1.49. The highest BCUT2D eigenvalue weighted by atomic mass is 19.1. The van der Waals surface area contributed by atoms with Crippen LogP contribution >= 0.6 is 0 Å². The maximum absolute atomic E-state index is 12.7. The molecule has 1 saturated carbocycles. The van der Waals surface area contributed by atoms with Gasteiger partial charge < -0.3 is 5.32 Å². The van der Waals surface area contributed by atoms with Crippen molar-refractivity contribution in [2.75, 3.05) is 6.54 Å². The van der Waals surface area contributed by atoms with Crippen LogP contribution in [0.3, 0.4) is 0 Å². The van der Waals surface area contributed by atoms with Crippen molar-refractivity contribution in [3.8, 4) is 0 Å². The number of hydrogen-bond donors (Lipinski definition) is 2. The minimum Gasteiger partial charge on any atom is -0.350 e. The van der Waals surface area contributed by atoms with Crippen molar-refractivity contribution in [3.63, 3.8) is 0 Å². The minimum absolute atomic E-state index is 0.171. The maximum atomic E-state index is 12.7. The third kappa shape index (κ3) is 3.04. The fraction of sp³-hybridized carbons (Fsp3) is 0.333. The number of halogens is 1. The summed E-state index contributed by atoms with van der Waals surface area (Å²) in [4.78, 5) is 11.9. The first-order valence-electron chi connectivity index (χ1n) is 6.80. The van der Waals surface area contributed by atoms with Gasteiger partial charge in [-0.3, -0.25) is 9.89 Å². The molecule has 0 spiro atoms. The van der Waals surface area contributed by atoms with Crippen LogP contribution in [0.5, 0.6) is 0 Å². The predicted molar refractivity (Wildman–Crippen MR) is 73.0 cm³/mol. The lowest BCUT2D eigenvalue weighted by atomic mass is 10.1. The molecule has 0 radical (unpaired) electrons.